The molecule has 18 heavy (non-hydrogen) atoms. The van der Waals surface area contributed by atoms with Gasteiger partial charge in [-0.25, -0.2) is 9.97 Å². The molecule has 2 rings (SSSR count). The molecule has 0 saturated carbocycles. The van der Waals surface area contributed by atoms with Gasteiger partial charge in [0.2, 0.25) is 0 Å². The van der Waals surface area contributed by atoms with Crippen molar-refractivity contribution in [2.24, 2.45) is 5.73 Å². The van der Waals surface area contributed by atoms with Crippen LogP contribution in [0, 0.1) is 6.92 Å². The number of rotatable bonds is 4. The van der Waals surface area contributed by atoms with Gasteiger partial charge in [0.05, 0.1) is 5.69 Å². The highest BCUT2D eigenvalue weighted by Crippen LogP contribution is 2.25. The Labute approximate surface area is 108 Å². The van der Waals surface area contributed by atoms with Crippen LogP contribution in [0.2, 0.25) is 0 Å². The molecule has 2 aromatic rings. The zero-order chi connectivity index (χ0) is 13.3. The van der Waals surface area contributed by atoms with Crippen LogP contribution >= 0.6 is 0 Å². The third-order valence-electron chi connectivity index (χ3n) is 3.23. The van der Waals surface area contributed by atoms with Crippen molar-refractivity contribution >= 4 is 11.0 Å². The molecule has 0 aliphatic carbocycles. The van der Waals surface area contributed by atoms with Gasteiger partial charge in [-0.1, -0.05) is 6.92 Å². The third kappa shape index (κ3) is 2.12. The minimum atomic E-state index is 0.386. The van der Waals surface area contributed by atoms with E-state index >= 15 is 0 Å². The average molecular weight is 246 g/mol. The molecule has 0 spiro atoms. The smallest absolute Gasteiger partial charge is 0.144 e. The summed E-state index contributed by atoms with van der Waals surface area (Å²) in [5.41, 5.74) is 9.04. The van der Waals surface area contributed by atoms with Crippen LogP contribution in [0.1, 0.15) is 50.3 Å². The Hall–Kier alpha value is -1.42. The lowest BCUT2D eigenvalue weighted by Gasteiger charge is -2.09. The topological polar surface area (TPSA) is 56.7 Å². The van der Waals surface area contributed by atoms with Gasteiger partial charge in [-0.3, -0.25) is 0 Å². The molecule has 0 fully saturated rings. The second-order valence-electron chi connectivity index (χ2n) is 5.03. The maximum absolute atomic E-state index is 5.83. The van der Waals surface area contributed by atoms with E-state index in [-0.39, 0.29) is 0 Å². The Balaban J connectivity index is 2.71. The van der Waals surface area contributed by atoms with Crippen LogP contribution in [0.5, 0.6) is 0 Å². The van der Waals surface area contributed by atoms with Crippen molar-refractivity contribution < 1.29 is 0 Å². The maximum Gasteiger partial charge on any atom is 0.144 e. The molecule has 0 atom stereocenters. The zero-order valence-corrected chi connectivity index (χ0v) is 11.7. The summed E-state index contributed by atoms with van der Waals surface area (Å²) < 4.78 is 2.20. The predicted molar refractivity (Wildman–Crippen MR) is 74.5 cm³/mol. The molecule has 98 valence electrons. The molecular formula is C14H22N4. The van der Waals surface area contributed by atoms with Gasteiger partial charge in [-0.05, 0) is 32.8 Å². The van der Waals surface area contributed by atoms with E-state index in [4.69, 9.17) is 10.7 Å². The second kappa shape index (κ2) is 5.06. The molecule has 0 aromatic carbocycles. The molecule has 0 radical (unpaired) electrons. The summed E-state index contributed by atoms with van der Waals surface area (Å²) in [7, 11) is 0. The second-order valence-corrected chi connectivity index (χ2v) is 5.03. The first-order valence-corrected chi connectivity index (χ1v) is 6.65. The van der Waals surface area contributed by atoms with Gasteiger partial charge in [0.15, 0.2) is 0 Å². The lowest BCUT2D eigenvalue weighted by atomic mass is 10.2. The summed E-state index contributed by atoms with van der Waals surface area (Å²) in [5, 5.41) is 1.13. The van der Waals surface area contributed by atoms with Crippen LogP contribution in [-0.4, -0.2) is 14.5 Å². The molecule has 0 bridgehead atoms. The number of hydrogen-bond acceptors (Lipinski definition) is 3. The molecular weight excluding hydrogens is 224 g/mol. The van der Waals surface area contributed by atoms with Crippen molar-refractivity contribution in [2.45, 2.75) is 53.1 Å². The molecule has 0 aliphatic heterocycles. The summed E-state index contributed by atoms with van der Waals surface area (Å²) in [5.74, 6) is 0.936. The number of aromatic nitrogens is 3. The van der Waals surface area contributed by atoms with Crippen molar-refractivity contribution in [1.29, 1.82) is 0 Å². The van der Waals surface area contributed by atoms with Gasteiger partial charge in [-0.2, -0.15) is 0 Å². The van der Waals surface area contributed by atoms with E-state index < -0.39 is 0 Å². The molecule has 0 amide bonds. The van der Waals surface area contributed by atoms with Gasteiger partial charge in [-0.15, -0.1) is 0 Å². The van der Waals surface area contributed by atoms with Crippen LogP contribution in [0.15, 0.2) is 6.20 Å². The Morgan fingerprint density at radius 3 is 2.61 bits per heavy atom. The van der Waals surface area contributed by atoms with Crippen molar-refractivity contribution in [3.63, 3.8) is 0 Å². The largest absolute Gasteiger partial charge is 0.330 e. The average Bonchev–Trinajstić information content (AvgIpc) is 2.68. The van der Waals surface area contributed by atoms with Gasteiger partial charge >= 0.3 is 0 Å². The van der Waals surface area contributed by atoms with E-state index in [1.54, 1.807) is 0 Å². The van der Waals surface area contributed by atoms with E-state index in [0.717, 1.165) is 41.0 Å². The van der Waals surface area contributed by atoms with E-state index in [9.17, 15) is 0 Å². The monoisotopic (exact) mass is 246 g/mol. The van der Waals surface area contributed by atoms with Crippen LogP contribution in [0.4, 0.5) is 0 Å². The Morgan fingerprint density at radius 1 is 1.33 bits per heavy atom. The fraction of sp³-hybridized carbons (Fsp3) is 0.571. The minimum Gasteiger partial charge on any atom is -0.330 e. The van der Waals surface area contributed by atoms with Crippen molar-refractivity contribution in [2.75, 3.05) is 0 Å². The third-order valence-corrected chi connectivity index (χ3v) is 3.23. The first-order valence-electron chi connectivity index (χ1n) is 6.65. The SMILES string of the molecule is CCCc1nc(C)c2c(CN)cn(C(C)C)c2n1. The van der Waals surface area contributed by atoms with Crippen molar-refractivity contribution in [1.82, 2.24) is 14.5 Å². The maximum atomic E-state index is 5.83. The first-order chi connectivity index (χ1) is 8.58. The fourth-order valence-electron chi connectivity index (χ4n) is 2.35. The summed E-state index contributed by atoms with van der Waals surface area (Å²) in [6.45, 7) is 9.06. The lowest BCUT2D eigenvalue weighted by molar-refractivity contribution is 0.614. The zero-order valence-electron chi connectivity index (χ0n) is 11.7. The van der Waals surface area contributed by atoms with Gasteiger partial charge < -0.3 is 10.3 Å². The molecule has 2 aromatic heterocycles. The normalized spacial score (nSPS) is 11.7. The van der Waals surface area contributed by atoms with Crippen LogP contribution in [0.25, 0.3) is 11.0 Å². The van der Waals surface area contributed by atoms with Gasteiger partial charge in [0.1, 0.15) is 11.5 Å². The fourth-order valence-corrected chi connectivity index (χ4v) is 2.35. The van der Waals surface area contributed by atoms with Crippen LogP contribution in [0.3, 0.4) is 0 Å². The standard InChI is InChI=1S/C14H22N4/c1-5-6-12-16-10(4)13-11(7-15)8-18(9(2)3)14(13)17-12/h8-9H,5-7,15H2,1-4H3. The molecule has 0 aliphatic rings. The molecule has 4 nitrogen and oxygen atoms in total. The summed E-state index contributed by atoms with van der Waals surface area (Å²) in [4.78, 5) is 9.30. The predicted octanol–water partition coefficient (Wildman–Crippen LogP) is 2.73. The highest BCUT2D eigenvalue weighted by molar-refractivity contribution is 5.83. The summed E-state index contributed by atoms with van der Waals surface area (Å²) in [6, 6.07) is 0.386. The van der Waals surface area contributed by atoms with E-state index in [0.29, 0.717) is 12.6 Å². The van der Waals surface area contributed by atoms with E-state index in [1.165, 1.54) is 0 Å². The van der Waals surface area contributed by atoms with Gasteiger partial charge in [0.25, 0.3) is 0 Å². The van der Waals surface area contributed by atoms with E-state index in [2.05, 4.69) is 36.5 Å². The molecule has 2 N–H and O–H groups in total. The molecule has 0 unspecified atom stereocenters. The summed E-state index contributed by atoms with van der Waals surface area (Å²) >= 11 is 0. The van der Waals surface area contributed by atoms with Crippen LogP contribution < -0.4 is 5.73 Å². The molecule has 4 heteroatoms. The minimum absolute atomic E-state index is 0.386. The number of nitrogens with zero attached hydrogens (tertiary/aromatic N) is 3. The highest BCUT2D eigenvalue weighted by Gasteiger charge is 2.15. The Bertz CT molecular complexity index is 554. The van der Waals surface area contributed by atoms with Gasteiger partial charge in [0, 0.05) is 30.6 Å². The number of aryl methyl sites for hydroxylation is 2. The van der Waals surface area contributed by atoms with Crippen molar-refractivity contribution in [3.05, 3.63) is 23.3 Å². The Morgan fingerprint density at radius 2 is 2.06 bits per heavy atom. The Kier molecular flexibility index (Phi) is 3.66. The number of fused-ring (bicyclic) bond motifs is 1. The first kappa shape index (κ1) is 13.0. The number of nitrogens with two attached hydrogens (primary N) is 1. The lowest BCUT2D eigenvalue weighted by Crippen LogP contribution is -2.04. The molecule has 2 heterocycles. The number of hydrogen-bond donors (Lipinski definition) is 1. The van der Waals surface area contributed by atoms with Crippen LogP contribution in [-0.2, 0) is 13.0 Å². The quantitative estimate of drug-likeness (QED) is 0.902. The summed E-state index contributed by atoms with van der Waals surface area (Å²) in [6.07, 6.45) is 4.11. The van der Waals surface area contributed by atoms with E-state index in [1.807, 2.05) is 6.92 Å². The molecule has 0 saturated heterocycles. The highest BCUT2D eigenvalue weighted by atomic mass is 15.1. The van der Waals surface area contributed by atoms with Crippen molar-refractivity contribution in [3.8, 4) is 0 Å².